The normalized spacial score (nSPS) is 11.2. The molecule has 0 aliphatic heterocycles. The van der Waals surface area contributed by atoms with E-state index in [0.717, 1.165) is 43.2 Å². The van der Waals surface area contributed by atoms with Gasteiger partial charge in [-0.25, -0.2) is 9.59 Å². The lowest BCUT2D eigenvalue weighted by Gasteiger charge is -2.18. The van der Waals surface area contributed by atoms with Crippen LogP contribution in [0.1, 0.15) is 25.0 Å². The first kappa shape index (κ1) is 29.6. The second-order valence-corrected chi connectivity index (χ2v) is 10.1. The molecule has 0 unspecified atom stereocenters. The van der Waals surface area contributed by atoms with Gasteiger partial charge in [0.1, 0.15) is 11.5 Å². The van der Waals surface area contributed by atoms with Gasteiger partial charge in [-0.1, -0.05) is 72.4 Å². The van der Waals surface area contributed by atoms with E-state index in [0.29, 0.717) is 24.6 Å². The minimum atomic E-state index is -0.421. The zero-order valence-electron chi connectivity index (χ0n) is 23.0. The van der Waals surface area contributed by atoms with Gasteiger partial charge in [0.2, 0.25) is 0 Å². The van der Waals surface area contributed by atoms with Crippen molar-refractivity contribution in [2.75, 3.05) is 0 Å². The van der Waals surface area contributed by atoms with Gasteiger partial charge in [0.25, 0.3) is 0 Å². The van der Waals surface area contributed by atoms with Crippen LogP contribution in [0.4, 0.5) is 0 Å². The van der Waals surface area contributed by atoms with Crippen molar-refractivity contribution in [2.24, 2.45) is 11.5 Å². The highest BCUT2D eigenvalue weighted by Gasteiger charge is 2.16. The number of ether oxygens (including phenoxy) is 2. The van der Waals surface area contributed by atoms with Crippen LogP contribution in [0.15, 0.2) is 119 Å². The molecule has 0 aromatic heterocycles. The number of carbonyl (C=O) groups is 2. The van der Waals surface area contributed by atoms with Crippen LogP contribution >= 0.6 is 11.8 Å². The Morgan fingerprint density at radius 3 is 1.37 bits per heavy atom. The topological polar surface area (TPSA) is 105 Å². The summed E-state index contributed by atoms with van der Waals surface area (Å²) < 4.78 is 10.7. The lowest BCUT2D eigenvalue weighted by molar-refractivity contribution is -0.129. The van der Waals surface area contributed by atoms with Crippen molar-refractivity contribution in [2.45, 2.75) is 36.7 Å². The smallest absolute Gasteiger partial charge is 0.335 e. The van der Waals surface area contributed by atoms with E-state index in [2.05, 4.69) is 12.1 Å². The van der Waals surface area contributed by atoms with Crippen molar-refractivity contribution >= 4 is 23.7 Å². The molecule has 0 amide bonds. The van der Waals surface area contributed by atoms with Gasteiger partial charge in [-0.05, 0) is 72.5 Å². The van der Waals surface area contributed by atoms with Gasteiger partial charge >= 0.3 is 11.9 Å². The van der Waals surface area contributed by atoms with E-state index in [9.17, 15) is 9.59 Å². The number of hydrogen-bond acceptors (Lipinski definition) is 7. The maximum Gasteiger partial charge on any atom is 0.335 e. The molecule has 0 heterocycles. The summed E-state index contributed by atoms with van der Waals surface area (Å²) in [5.41, 5.74) is 18.3. The molecular formula is C34H32N2O4S. The van der Waals surface area contributed by atoms with Gasteiger partial charge in [-0.15, -0.1) is 0 Å². The van der Waals surface area contributed by atoms with Crippen LogP contribution in [0.2, 0.25) is 0 Å². The first-order valence-electron chi connectivity index (χ1n) is 13.2. The second-order valence-electron chi connectivity index (χ2n) is 8.98. The first-order valence-corrected chi connectivity index (χ1v) is 14.0. The zero-order valence-corrected chi connectivity index (χ0v) is 23.8. The summed E-state index contributed by atoms with van der Waals surface area (Å²) >= 11 is 1.63. The molecule has 0 bridgehead atoms. The Morgan fingerprint density at radius 1 is 0.634 bits per heavy atom. The Hall–Kier alpha value is -4.43. The molecule has 41 heavy (non-hydrogen) atoms. The molecule has 0 aliphatic rings. The van der Waals surface area contributed by atoms with Crippen molar-refractivity contribution in [1.82, 2.24) is 0 Å². The van der Waals surface area contributed by atoms with Gasteiger partial charge in [-0.3, -0.25) is 0 Å². The van der Waals surface area contributed by atoms with Crippen LogP contribution < -0.4 is 20.9 Å². The van der Waals surface area contributed by atoms with Crippen LogP contribution in [0.3, 0.4) is 0 Å². The molecule has 0 saturated carbocycles. The fraction of sp³-hybridized carbons (Fsp3) is 0.118. The molecular weight excluding hydrogens is 532 g/mol. The second kappa shape index (κ2) is 14.3. The molecule has 7 heteroatoms. The molecule has 4 N–H and O–H groups in total. The average molecular weight is 565 g/mol. The summed E-state index contributed by atoms with van der Waals surface area (Å²) in [6, 6.07) is 27.0. The number of esters is 2. The molecule has 0 radical (unpaired) electrons. The largest absolute Gasteiger partial charge is 0.423 e. The lowest BCUT2D eigenvalue weighted by Crippen LogP contribution is -2.04. The fourth-order valence-corrected chi connectivity index (χ4v) is 5.62. The van der Waals surface area contributed by atoms with Gasteiger partial charge in [0.15, 0.2) is 0 Å². The standard InChI is InChI=1S/C34H32N2O4S/c1-3-7-31(37)39-27-17-13-23(14-18-27)33-25(21-35)9-5-11-29(33)41-30-12-6-10-26(22-36)34(30)24-15-19-28(20-16-24)40-32(38)8-4-2/h3-20H,21-22,35-36H2,1-2H3. The van der Waals surface area contributed by atoms with E-state index in [4.69, 9.17) is 20.9 Å². The third-order valence-corrected chi connectivity index (χ3v) is 7.33. The number of carbonyl (C=O) groups excluding carboxylic acids is 2. The molecule has 0 atom stereocenters. The molecule has 6 nitrogen and oxygen atoms in total. The van der Waals surface area contributed by atoms with E-state index < -0.39 is 11.9 Å². The predicted molar refractivity (Wildman–Crippen MR) is 165 cm³/mol. The van der Waals surface area contributed by atoms with E-state index in [1.807, 2.05) is 48.5 Å². The van der Waals surface area contributed by atoms with Crippen LogP contribution in [0, 0.1) is 0 Å². The first-order chi connectivity index (χ1) is 20.0. The highest BCUT2D eigenvalue weighted by molar-refractivity contribution is 7.99. The Bertz CT molecular complexity index is 1460. The summed E-state index contributed by atoms with van der Waals surface area (Å²) in [6.45, 7) is 4.26. The summed E-state index contributed by atoms with van der Waals surface area (Å²) in [5.74, 6) is 0.0911. The average Bonchev–Trinajstić information content (AvgIpc) is 2.98. The minimum absolute atomic E-state index is 0.366. The molecule has 0 fully saturated rings. The van der Waals surface area contributed by atoms with Crippen molar-refractivity contribution in [3.05, 3.63) is 120 Å². The monoisotopic (exact) mass is 564 g/mol. The van der Waals surface area contributed by atoms with Gasteiger partial charge in [-0.2, -0.15) is 0 Å². The summed E-state index contributed by atoms with van der Waals surface area (Å²) in [6.07, 6.45) is 6.03. The van der Waals surface area contributed by atoms with E-state index in [1.165, 1.54) is 12.2 Å². The van der Waals surface area contributed by atoms with Crippen molar-refractivity contribution in [3.63, 3.8) is 0 Å². The lowest BCUT2D eigenvalue weighted by atomic mass is 9.99. The zero-order chi connectivity index (χ0) is 29.2. The van der Waals surface area contributed by atoms with Gasteiger partial charge < -0.3 is 20.9 Å². The van der Waals surface area contributed by atoms with Crippen molar-refractivity contribution in [1.29, 1.82) is 0 Å². The molecule has 4 aromatic rings. The van der Waals surface area contributed by atoms with Crippen molar-refractivity contribution < 1.29 is 19.1 Å². The molecule has 4 aromatic carbocycles. The maximum absolute atomic E-state index is 11.9. The predicted octanol–water partition coefficient (Wildman–Crippen LogP) is 7.05. The van der Waals surface area contributed by atoms with Crippen LogP contribution in [-0.2, 0) is 22.7 Å². The maximum atomic E-state index is 11.9. The number of benzene rings is 4. The third kappa shape index (κ3) is 7.41. The van der Waals surface area contributed by atoms with Crippen LogP contribution in [0.25, 0.3) is 22.3 Å². The Balaban J connectivity index is 1.71. The van der Waals surface area contributed by atoms with E-state index >= 15 is 0 Å². The highest BCUT2D eigenvalue weighted by atomic mass is 32.2. The number of nitrogens with two attached hydrogens (primary N) is 2. The molecule has 0 aliphatic carbocycles. The van der Waals surface area contributed by atoms with Crippen molar-refractivity contribution in [3.8, 4) is 33.8 Å². The SMILES string of the molecule is CC=CC(=O)Oc1ccc(-c2c(CN)cccc2Sc2cccc(CN)c2-c2ccc(OC(=O)C=CC)cc2)cc1. The van der Waals surface area contributed by atoms with Crippen LogP contribution in [-0.4, -0.2) is 11.9 Å². The third-order valence-electron chi connectivity index (χ3n) is 6.21. The Morgan fingerprint density at radius 2 is 1.02 bits per heavy atom. The number of rotatable bonds is 10. The van der Waals surface area contributed by atoms with E-state index in [-0.39, 0.29) is 0 Å². The quantitative estimate of drug-likeness (QED) is 0.121. The van der Waals surface area contributed by atoms with E-state index in [1.54, 1.807) is 62.0 Å². The Labute approximate surface area is 244 Å². The van der Waals surface area contributed by atoms with Crippen LogP contribution in [0.5, 0.6) is 11.5 Å². The minimum Gasteiger partial charge on any atom is -0.423 e. The fourth-order valence-electron chi connectivity index (χ4n) is 4.39. The summed E-state index contributed by atoms with van der Waals surface area (Å²) in [5, 5.41) is 0. The van der Waals surface area contributed by atoms with Gasteiger partial charge in [0.05, 0.1) is 0 Å². The molecule has 208 valence electrons. The molecule has 0 spiro atoms. The Kier molecular flexibility index (Phi) is 10.3. The molecule has 4 rings (SSSR count). The number of hydrogen-bond donors (Lipinski definition) is 2. The summed E-state index contributed by atoms with van der Waals surface area (Å²) in [4.78, 5) is 25.8. The summed E-state index contributed by atoms with van der Waals surface area (Å²) in [7, 11) is 0. The van der Waals surface area contributed by atoms with Gasteiger partial charge in [0, 0.05) is 46.2 Å². The molecule has 0 saturated heterocycles. The number of allylic oxidation sites excluding steroid dienone is 2. The highest BCUT2D eigenvalue weighted by Crippen LogP contribution is 2.43.